The summed E-state index contributed by atoms with van der Waals surface area (Å²) in [5, 5.41) is 0. The first-order valence-electron chi connectivity index (χ1n) is 34.7. The topological polar surface area (TPSA) is 78.9 Å². The van der Waals surface area contributed by atoms with Crippen molar-refractivity contribution in [2.24, 2.45) is 0 Å². The molecule has 0 aliphatic heterocycles. The van der Waals surface area contributed by atoms with Gasteiger partial charge >= 0.3 is 17.9 Å². The van der Waals surface area contributed by atoms with E-state index in [1.165, 1.54) is 135 Å². The van der Waals surface area contributed by atoms with Crippen LogP contribution in [0.3, 0.4) is 0 Å². The Morgan fingerprint density at radius 2 is 0.470 bits per heavy atom. The minimum atomic E-state index is -0.796. The summed E-state index contributed by atoms with van der Waals surface area (Å²) in [7, 11) is 0. The van der Waals surface area contributed by atoms with Crippen LogP contribution in [-0.2, 0) is 28.6 Å². The molecule has 0 spiro atoms. The predicted molar refractivity (Wildman–Crippen MR) is 362 cm³/mol. The van der Waals surface area contributed by atoms with Gasteiger partial charge in [0.15, 0.2) is 6.10 Å². The Morgan fingerprint density at radius 1 is 0.253 bits per heavy atom. The monoisotopic (exact) mass is 1150 g/mol. The van der Waals surface area contributed by atoms with Gasteiger partial charge in [-0.15, -0.1) is 0 Å². The zero-order valence-electron chi connectivity index (χ0n) is 54.2. The van der Waals surface area contributed by atoms with E-state index >= 15 is 0 Å². The van der Waals surface area contributed by atoms with Crippen molar-refractivity contribution in [2.45, 2.75) is 322 Å². The number of esters is 3. The van der Waals surface area contributed by atoms with Crippen LogP contribution in [-0.4, -0.2) is 37.2 Å². The van der Waals surface area contributed by atoms with Gasteiger partial charge in [0, 0.05) is 19.3 Å². The molecule has 6 heteroatoms. The predicted octanol–water partition coefficient (Wildman–Crippen LogP) is 24.1. The van der Waals surface area contributed by atoms with Gasteiger partial charge < -0.3 is 14.2 Å². The first-order valence-corrected chi connectivity index (χ1v) is 34.7. The van der Waals surface area contributed by atoms with Crippen LogP contribution >= 0.6 is 0 Å². The summed E-state index contributed by atoms with van der Waals surface area (Å²) in [4.78, 5) is 38.5. The third-order valence-corrected chi connectivity index (χ3v) is 14.6. The average molecular weight is 1150 g/mol. The van der Waals surface area contributed by atoms with Crippen molar-refractivity contribution in [3.63, 3.8) is 0 Å². The summed E-state index contributed by atoms with van der Waals surface area (Å²) < 4.78 is 17.0. The molecule has 83 heavy (non-hydrogen) atoms. The molecular formula is C77H128O6. The molecule has 0 rings (SSSR count). The number of allylic oxidation sites excluding steroid dienone is 22. The highest BCUT2D eigenvalue weighted by Gasteiger charge is 2.19. The molecule has 0 fully saturated rings. The van der Waals surface area contributed by atoms with Gasteiger partial charge in [0.25, 0.3) is 0 Å². The molecule has 6 nitrogen and oxygen atoms in total. The Morgan fingerprint density at radius 3 is 0.735 bits per heavy atom. The minimum Gasteiger partial charge on any atom is -0.462 e. The maximum atomic E-state index is 12.9. The second-order valence-corrected chi connectivity index (χ2v) is 22.7. The molecule has 0 aliphatic carbocycles. The highest BCUT2D eigenvalue weighted by molar-refractivity contribution is 5.71. The van der Waals surface area contributed by atoms with Crippen LogP contribution in [0.1, 0.15) is 316 Å². The van der Waals surface area contributed by atoms with Crippen molar-refractivity contribution >= 4 is 17.9 Å². The van der Waals surface area contributed by atoms with Crippen LogP contribution < -0.4 is 0 Å². The lowest BCUT2D eigenvalue weighted by atomic mass is 10.0. The van der Waals surface area contributed by atoms with E-state index in [-0.39, 0.29) is 31.1 Å². The van der Waals surface area contributed by atoms with Gasteiger partial charge in [0.05, 0.1) is 0 Å². The first kappa shape index (κ1) is 78.5. The van der Waals surface area contributed by atoms with Gasteiger partial charge in [-0.25, -0.2) is 0 Å². The molecule has 0 saturated carbocycles. The highest BCUT2D eigenvalue weighted by atomic mass is 16.6. The molecule has 0 N–H and O–H groups in total. The molecule has 0 aromatic rings. The molecule has 1 atom stereocenters. The van der Waals surface area contributed by atoms with E-state index in [1.54, 1.807) is 0 Å². The summed E-state index contributed by atoms with van der Waals surface area (Å²) in [5.41, 5.74) is 0. The van der Waals surface area contributed by atoms with E-state index in [0.29, 0.717) is 19.3 Å². The van der Waals surface area contributed by atoms with E-state index in [1.807, 2.05) is 0 Å². The van der Waals surface area contributed by atoms with Crippen LogP contribution in [0, 0.1) is 0 Å². The van der Waals surface area contributed by atoms with Gasteiger partial charge in [0.1, 0.15) is 13.2 Å². The van der Waals surface area contributed by atoms with Crippen molar-refractivity contribution in [3.8, 4) is 0 Å². The van der Waals surface area contributed by atoms with E-state index in [4.69, 9.17) is 14.2 Å². The molecule has 0 saturated heterocycles. The van der Waals surface area contributed by atoms with Crippen molar-refractivity contribution in [1.29, 1.82) is 0 Å². The van der Waals surface area contributed by atoms with Crippen molar-refractivity contribution in [2.75, 3.05) is 13.2 Å². The van der Waals surface area contributed by atoms with Crippen LogP contribution in [0.4, 0.5) is 0 Å². The molecule has 0 aliphatic rings. The van der Waals surface area contributed by atoms with E-state index in [2.05, 4.69) is 154 Å². The number of carbonyl (C=O) groups is 3. The van der Waals surface area contributed by atoms with Crippen LogP contribution in [0.2, 0.25) is 0 Å². The Bertz CT molecular complexity index is 1750. The highest BCUT2D eigenvalue weighted by Crippen LogP contribution is 2.16. The molecular weight excluding hydrogens is 1020 g/mol. The van der Waals surface area contributed by atoms with Crippen LogP contribution in [0.15, 0.2) is 134 Å². The third-order valence-electron chi connectivity index (χ3n) is 14.6. The Balaban J connectivity index is 4.35. The average Bonchev–Trinajstić information content (AvgIpc) is 3.49. The fraction of sp³-hybridized carbons (Fsp3) is 0.675. The van der Waals surface area contributed by atoms with Crippen molar-refractivity contribution < 1.29 is 28.6 Å². The lowest BCUT2D eigenvalue weighted by Crippen LogP contribution is -2.30. The Hall–Kier alpha value is -4.45. The SMILES string of the molecule is CC/C=C\C/C=C\C/C=C\C/C=C\C/C=C\CCCCCCCCCCCCCCCC(=O)OCC(COC(=O)CCCCCCCCC/C=C\C/C=C\CCCCC)OC(=O)CCCCCCCC/C=C\C/C=C\C/C=C\C/C=C\CC. The third kappa shape index (κ3) is 68.2. The summed E-state index contributed by atoms with van der Waals surface area (Å²) in [6.45, 7) is 6.39. The minimum absolute atomic E-state index is 0.0891. The van der Waals surface area contributed by atoms with Crippen molar-refractivity contribution in [1.82, 2.24) is 0 Å². The standard InChI is InChI=1S/C77H128O6/c1-4-7-10-13-16-19-22-25-28-31-33-34-35-36-37-38-39-40-41-42-44-46-49-52-55-58-61-64-67-70-76(79)82-73-74(72-81-75(78)69-66-63-60-57-54-51-48-45-30-27-24-21-18-15-12-9-6-3)83-77(80)71-68-65-62-59-56-53-50-47-43-32-29-26-23-20-17-14-11-8-5-2/h7-8,10-11,16-21,25-30,33-34,36-37,43,47,74H,4-6,9,12-15,22-24,31-32,35,38-42,44-46,48-73H2,1-3H3/b10-7-,11-8-,19-16-,20-17-,21-18-,28-25-,29-26-,30-27-,34-33-,37-36-,47-43-. The van der Waals surface area contributed by atoms with Gasteiger partial charge in [-0.05, 0) is 135 Å². The van der Waals surface area contributed by atoms with Crippen LogP contribution in [0.5, 0.6) is 0 Å². The number of carbonyl (C=O) groups excluding carboxylic acids is 3. The van der Waals surface area contributed by atoms with E-state index in [0.717, 1.165) is 141 Å². The zero-order chi connectivity index (χ0) is 59.9. The van der Waals surface area contributed by atoms with Gasteiger partial charge in [-0.1, -0.05) is 296 Å². The number of ether oxygens (including phenoxy) is 3. The fourth-order valence-corrected chi connectivity index (χ4v) is 9.49. The van der Waals surface area contributed by atoms with E-state index < -0.39 is 6.10 Å². The number of hydrogen-bond acceptors (Lipinski definition) is 6. The summed E-state index contributed by atoms with van der Waals surface area (Å²) >= 11 is 0. The zero-order valence-corrected chi connectivity index (χ0v) is 54.2. The number of hydrogen-bond donors (Lipinski definition) is 0. The second kappa shape index (κ2) is 70.0. The largest absolute Gasteiger partial charge is 0.462 e. The molecule has 0 radical (unpaired) electrons. The fourth-order valence-electron chi connectivity index (χ4n) is 9.49. The van der Waals surface area contributed by atoms with Crippen LogP contribution in [0.25, 0.3) is 0 Å². The maximum absolute atomic E-state index is 12.9. The summed E-state index contributed by atoms with van der Waals surface area (Å²) in [6, 6.07) is 0. The molecule has 0 aromatic carbocycles. The lowest BCUT2D eigenvalue weighted by molar-refractivity contribution is -0.167. The van der Waals surface area contributed by atoms with E-state index in [9.17, 15) is 14.4 Å². The summed E-state index contributed by atoms with van der Waals surface area (Å²) in [6.07, 6.45) is 98.9. The Kier molecular flexibility index (Phi) is 66.3. The molecule has 0 bridgehead atoms. The summed E-state index contributed by atoms with van der Waals surface area (Å²) in [5.74, 6) is -0.904. The molecule has 472 valence electrons. The second-order valence-electron chi connectivity index (χ2n) is 22.7. The normalized spacial score (nSPS) is 13.0. The quantitative estimate of drug-likeness (QED) is 0.0261. The molecule has 0 heterocycles. The molecule has 0 amide bonds. The number of unbranched alkanes of at least 4 members (excludes halogenated alkanes) is 29. The van der Waals surface area contributed by atoms with Crippen molar-refractivity contribution in [3.05, 3.63) is 134 Å². The van der Waals surface area contributed by atoms with Gasteiger partial charge in [-0.2, -0.15) is 0 Å². The van der Waals surface area contributed by atoms with Gasteiger partial charge in [-0.3, -0.25) is 14.4 Å². The smallest absolute Gasteiger partial charge is 0.306 e. The molecule has 1 unspecified atom stereocenters. The number of rotatable bonds is 62. The lowest BCUT2D eigenvalue weighted by Gasteiger charge is -2.18. The maximum Gasteiger partial charge on any atom is 0.306 e. The molecule has 0 aromatic heterocycles. The Labute approximate surface area is 513 Å². The van der Waals surface area contributed by atoms with Gasteiger partial charge in [0.2, 0.25) is 0 Å². The first-order chi connectivity index (χ1) is 41.0.